The average Bonchev–Trinajstić information content (AvgIpc) is 3.10. The molecular formula is C17H24N6O. The van der Waals surface area contributed by atoms with Crippen molar-refractivity contribution in [2.24, 2.45) is 7.05 Å². The van der Waals surface area contributed by atoms with Gasteiger partial charge in [0, 0.05) is 31.9 Å². The zero-order chi connectivity index (χ0) is 17.3. The van der Waals surface area contributed by atoms with Crippen LogP contribution in [-0.2, 0) is 7.05 Å². The maximum absolute atomic E-state index is 12.9. The molecule has 0 radical (unpaired) electrons. The van der Waals surface area contributed by atoms with Gasteiger partial charge in [-0.05, 0) is 38.8 Å². The Morgan fingerprint density at radius 3 is 2.88 bits per heavy atom. The van der Waals surface area contributed by atoms with Crippen LogP contribution in [0.25, 0.3) is 0 Å². The summed E-state index contributed by atoms with van der Waals surface area (Å²) in [5.74, 6) is 1.24. The molecule has 3 rings (SSSR count). The lowest BCUT2D eigenvalue weighted by Crippen LogP contribution is -2.40. The predicted octanol–water partition coefficient (Wildman–Crippen LogP) is 1.73. The molecule has 1 saturated heterocycles. The van der Waals surface area contributed by atoms with Gasteiger partial charge in [0.25, 0.3) is 5.91 Å². The van der Waals surface area contributed by atoms with E-state index in [4.69, 9.17) is 5.73 Å². The molecular weight excluding hydrogens is 304 g/mol. The summed E-state index contributed by atoms with van der Waals surface area (Å²) in [5, 5.41) is 7.59. The summed E-state index contributed by atoms with van der Waals surface area (Å²) in [6.45, 7) is 5.22. The molecule has 128 valence electrons. The summed E-state index contributed by atoms with van der Waals surface area (Å²) in [6.07, 6.45) is 1.97. The van der Waals surface area contributed by atoms with Crippen molar-refractivity contribution >= 4 is 17.5 Å². The molecule has 1 amide bonds. The van der Waals surface area contributed by atoms with Crippen molar-refractivity contribution < 1.29 is 4.79 Å². The molecule has 0 spiro atoms. The molecule has 1 unspecified atom stereocenters. The summed E-state index contributed by atoms with van der Waals surface area (Å²) in [7, 11) is 1.76. The number of carbonyl (C=O) groups excluding carboxylic acids is 1. The third-order valence-corrected chi connectivity index (χ3v) is 4.53. The maximum Gasteiger partial charge on any atom is 0.259 e. The van der Waals surface area contributed by atoms with Crippen LogP contribution in [0.2, 0.25) is 0 Å². The minimum Gasteiger partial charge on any atom is -0.383 e. The molecule has 1 aliphatic heterocycles. The van der Waals surface area contributed by atoms with Crippen LogP contribution in [-0.4, -0.2) is 44.7 Å². The number of pyridine rings is 1. The number of likely N-dealkylation sites (tertiary alicyclic amines) is 1. The minimum absolute atomic E-state index is 0.0281. The van der Waals surface area contributed by atoms with Crippen LogP contribution < -0.4 is 11.1 Å². The van der Waals surface area contributed by atoms with E-state index in [1.54, 1.807) is 11.7 Å². The van der Waals surface area contributed by atoms with Crippen molar-refractivity contribution in [3.8, 4) is 0 Å². The number of rotatable bonds is 4. The molecule has 0 saturated carbocycles. The Morgan fingerprint density at radius 2 is 2.21 bits per heavy atom. The Kier molecular flexibility index (Phi) is 4.42. The van der Waals surface area contributed by atoms with Crippen molar-refractivity contribution in [2.45, 2.75) is 32.7 Å². The topological polar surface area (TPSA) is 89.1 Å². The highest BCUT2D eigenvalue weighted by molar-refractivity contribution is 6.00. The standard InChI is InChI=1S/C17H24N6O/c1-11-6-4-8-14(20-11)19-10-13-7-5-9-23(13)17(24)15-12(2)21-22(3)16(15)18/h4,6,8,13H,5,7,9-10,18H2,1-3H3,(H,19,20). The van der Waals surface area contributed by atoms with E-state index in [1.165, 1.54) is 0 Å². The van der Waals surface area contributed by atoms with Gasteiger partial charge in [-0.25, -0.2) is 4.98 Å². The predicted molar refractivity (Wildman–Crippen MR) is 93.9 cm³/mol. The van der Waals surface area contributed by atoms with Crippen LogP contribution in [0.15, 0.2) is 18.2 Å². The average molecular weight is 328 g/mol. The Bertz CT molecular complexity index is 754. The summed E-state index contributed by atoms with van der Waals surface area (Å²) < 4.78 is 1.56. The fourth-order valence-corrected chi connectivity index (χ4v) is 3.26. The van der Waals surface area contributed by atoms with E-state index in [2.05, 4.69) is 15.4 Å². The molecule has 24 heavy (non-hydrogen) atoms. The Labute approximate surface area is 141 Å². The molecule has 0 bridgehead atoms. The number of nitrogens with two attached hydrogens (primary N) is 1. The zero-order valence-corrected chi connectivity index (χ0v) is 14.4. The van der Waals surface area contributed by atoms with E-state index in [-0.39, 0.29) is 11.9 Å². The third-order valence-electron chi connectivity index (χ3n) is 4.53. The number of hydrogen-bond donors (Lipinski definition) is 2. The molecule has 0 aromatic carbocycles. The Hall–Kier alpha value is -2.57. The van der Waals surface area contributed by atoms with Gasteiger partial charge < -0.3 is 16.0 Å². The Balaban J connectivity index is 1.72. The largest absolute Gasteiger partial charge is 0.383 e. The monoisotopic (exact) mass is 328 g/mol. The summed E-state index contributed by atoms with van der Waals surface area (Å²) >= 11 is 0. The molecule has 2 aromatic rings. The Morgan fingerprint density at radius 1 is 1.42 bits per heavy atom. The highest BCUT2D eigenvalue weighted by Crippen LogP contribution is 2.24. The van der Waals surface area contributed by atoms with Crippen LogP contribution in [0.4, 0.5) is 11.6 Å². The quantitative estimate of drug-likeness (QED) is 0.892. The van der Waals surface area contributed by atoms with Gasteiger partial charge in [0.15, 0.2) is 0 Å². The van der Waals surface area contributed by atoms with Gasteiger partial charge in [-0.3, -0.25) is 9.48 Å². The number of nitrogens with zero attached hydrogens (tertiary/aromatic N) is 4. The van der Waals surface area contributed by atoms with Gasteiger partial charge in [0.2, 0.25) is 0 Å². The van der Waals surface area contributed by atoms with E-state index in [9.17, 15) is 4.79 Å². The number of hydrogen-bond acceptors (Lipinski definition) is 5. The lowest BCUT2D eigenvalue weighted by Gasteiger charge is -2.25. The highest BCUT2D eigenvalue weighted by atomic mass is 16.2. The van der Waals surface area contributed by atoms with Crippen molar-refractivity contribution in [1.82, 2.24) is 19.7 Å². The fraction of sp³-hybridized carbons (Fsp3) is 0.471. The lowest BCUT2D eigenvalue weighted by atomic mass is 10.1. The first-order valence-electron chi connectivity index (χ1n) is 8.25. The summed E-state index contributed by atoms with van der Waals surface area (Å²) in [5.41, 5.74) is 8.20. The molecule has 0 aliphatic carbocycles. The van der Waals surface area contributed by atoms with Crippen LogP contribution >= 0.6 is 0 Å². The zero-order valence-electron chi connectivity index (χ0n) is 14.4. The van der Waals surface area contributed by atoms with Gasteiger partial charge in [0.05, 0.1) is 5.69 Å². The summed E-state index contributed by atoms with van der Waals surface area (Å²) in [6, 6.07) is 6.02. The number of nitrogens with one attached hydrogen (secondary N) is 1. The van der Waals surface area contributed by atoms with E-state index in [0.29, 0.717) is 23.6 Å². The van der Waals surface area contributed by atoms with E-state index in [1.807, 2.05) is 36.9 Å². The molecule has 7 nitrogen and oxygen atoms in total. The molecule has 1 atom stereocenters. The first-order chi connectivity index (χ1) is 11.5. The van der Waals surface area contributed by atoms with Crippen LogP contribution in [0, 0.1) is 13.8 Å². The highest BCUT2D eigenvalue weighted by Gasteiger charge is 2.32. The normalized spacial score (nSPS) is 17.3. The van der Waals surface area contributed by atoms with Crippen molar-refractivity contribution in [1.29, 1.82) is 0 Å². The number of aryl methyl sites for hydroxylation is 3. The van der Waals surface area contributed by atoms with Crippen molar-refractivity contribution in [3.05, 3.63) is 35.2 Å². The van der Waals surface area contributed by atoms with Gasteiger partial charge in [-0.15, -0.1) is 0 Å². The number of nitrogen functional groups attached to an aromatic ring is 1. The minimum atomic E-state index is -0.0281. The third kappa shape index (κ3) is 3.06. The number of aromatic nitrogens is 3. The van der Waals surface area contributed by atoms with Gasteiger partial charge in [0.1, 0.15) is 17.2 Å². The lowest BCUT2D eigenvalue weighted by molar-refractivity contribution is 0.0744. The van der Waals surface area contributed by atoms with Gasteiger partial charge in [-0.2, -0.15) is 5.10 Å². The van der Waals surface area contributed by atoms with E-state index in [0.717, 1.165) is 30.9 Å². The van der Waals surface area contributed by atoms with Gasteiger partial charge in [-0.1, -0.05) is 6.07 Å². The van der Waals surface area contributed by atoms with Crippen LogP contribution in [0.3, 0.4) is 0 Å². The van der Waals surface area contributed by atoms with E-state index < -0.39 is 0 Å². The fourth-order valence-electron chi connectivity index (χ4n) is 3.26. The van der Waals surface area contributed by atoms with Crippen LogP contribution in [0.1, 0.15) is 34.6 Å². The first-order valence-corrected chi connectivity index (χ1v) is 8.25. The number of anilines is 2. The molecule has 3 N–H and O–H groups in total. The molecule has 1 fully saturated rings. The second kappa shape index (κ2) is 6.51. The molecule has 2 aromatic heterocycles. The summed E-state index contributed by atoms with van der Waals surface area (Å²) in [4.78, 5) is 19.3. The van der Waals surface area contributed by atoms with Gasteiger partial charge >= 0.3 is 0 Å². The van der Waals surface area contributed by atoms with E-state index >= 15 is 0 Å². The second-order valence-electron chi connectivity index (χ2n) is 6.31. The first kappa shape index (κ1) is 16.3. The van der Waals surface area contributed by atoms with Crippen molar-refractivity contribution in [2.75, 3.05) is 24.1 Å². The molecule has 7 heteroatoms. The SMILES string of the molecule is Cc1cccc(NCC2CCCN2C(=O)c2c(C)nn(C)c2N)n1. The molecule has 1 aliphatic rings. The van der Waals surface area contributed by atoms with Crippen LogP contribution in [0.5, 0.6) is 0 Å². The number of carbonyl (C=O) groups is 1. The second-order valence-corrected chi connectivity index (χ2v) is 6.31. The van der Waals surface area contributed by atoms with Crippen molar-refractivity contribution in [3.63, 3.8) is 0 Å². The smallest absolute Gasteiger partial charge is 0.259 e. The number of amides is 1. The maximum atomic E-state index is 12.9. The molecule has 3 heterocycles.